The van der Waals surface area contributed by atoms with Crippen molar-refractivity contribution in [2.24, 2.45) is 17.8 Å². The molecule has 24 heavy (non-hydrogen) atoms. The van der Waals surface area contributed by atoms with E-state index in [2.05, 4.69) is 32.2 Å². The number of hydrogen-bond donors (Lipinski definition) is 0. The van der Waals surface area contributed by atoms with Crippen LogP contribution in [0.5, 0.6) is 0 Å². The summed E-state index contributed by atoms with van der Waals surface area (Å²) in [6, 6.07) is 0. The summed E-state index contributed by atoms with van der Waals surface area (Å²) in [6.07, 6.45) is 13.2. The molecule has 3 atom stereocenters. The van der Waals surface area contributed by atoms with Crippen molar-refractivity contribution in [1.29, 1.82) is 0 Å². The van der Waals surface area contributed by atoms with Gasteiger partial charge in [0.2, 0.25) is 0 Å². The van der Waals surface area contributed by atoms with E-state index in [0.29, 0.717) is 0 Å². The average Bonchev–Trinajstić information content (AvgIpc) is 2.46. The van der Waals surface area contributed by atoms with Gasteiger partial charge < -0.3 is 4.52 Å². The van der Waals surface area contributed by atoms with Crippen molar-refractivity contribution in [1.82, 2.24) is 0 Å². The molecule has 0 rings (SSSR count). The van der Waals surface area contributed by atoms with Crippen molar-refractivity contribution in [3.05, 3.63) is 11.6 Å². The fraction of sp³-hybridized carbons (Fsp3) is 0.850. The fourth-order valence-electron chi connectivity index (χ4n) is 3.01. The van der Waals surface area contributed by atoms with Crippen LogP contribution in [0.4, 0.5) is 0 Å². The fourth-order valence-corrected chi connectivity index (χ4v) is 3.08. The third-order valence-corrected chi connectivity index (χ3v) is 4.85. The van der Waals surface area contributed by atoms with Crippen LogP contribution in [0.15, 0.2) is 11.6 Å². The van der Waals surface area contributed by atoms with Crippen LogP contribution in [0, 0.1) is 17.8 Å². The van der Waals surface area contributed by atoms with Crippen LogP contribution in [0.1, 0.15) is 92.4 Å². The average molecular weight is 385 g/mol. The summed E-state index contributed by atoms with van der Waals surface area (Å²) in [6.45, 7) is 11.4. The van der Waals surface area contributed by atoms with Crippen molar-refractivity contribution >= 4 is 53.2 Å². The third kappa shape index (κ3) is 17.7. The number of hydrogen-bond acceptors (Lipinski definition) is 2. The van der Waals surface area contributed by atoms with E-state index < -0.39 is 0 Å². The van der Waals surface area contributed by atoms with Crippen LogP contribution in [0.25, 0.3) is 0 Å². The number of allylic oxidation sites excluding steroid dienone is 1. The molecule has 4 heteroatoms. The summed E-state index contributed by atoms with van der Waals surface area (Å²) in [5.74, 6) is 2.24. The van der Waals surface area contributed by atoms with Crippen LogP contribution >= 0.6 is 9.47 Å². The molecule has 0 aromatic heterocycles. The second kappa shape index (κ2) is 17.3. The summed E-state index contributed by atoms with van der Waals surface area (Å²) >= 11 is 0. The van der Waals surface area contributed by atoms with Gasteiger partial charge in [-0.15, -0.1) is 0 Å². The Bertz CT molecular complexity index is 343. The van der Waals surface area contributed by atoms with E-state index in [1.807, 2.05) is 16.4 Å². The molecule has 0 aliphatic rings. The maximum absolute atomic E-state index is 11.1. The topological polar surface area (TPSA) is 26.3 Å². The van der Waals surface area contributed by atoms with Gasteiger partial charge in [-0.05, 0) is 37.5 Å². The van der Waals surface area contributed by atoms with Gasteiger partial charge in [0.25, 0.3) is 0 Å². The normalized spacial score (nSPS) is 14.2. The minimum atomic E-state index is -0.271. The van der Waals surface area contributed by atoms with Crippen molar-refractivity contribution in [3.8, 4) is 0 Å². The Labute approximate surface area is 183 Å². The van der Waals surface area contributed by atoms with E-state index in [4.69, 9.17) is 0 Å². The molecule has 0 heterocycles. The number of rotatable bonds is 13. The van der Waals surface area contributed by atoms with E-state index in [-0.39, 0.29) is 43.7 Å². The molecule has 0 aromatic rings. The van der Waals surface area contributed by atoms with Gasteiger partial charge in [-0.3, -0.25) is 0 Å². The Morgan fingerprint density at radius 3 is 1.83 bits per heavy atom. The van der Waals surface area contributed by atoms with E-state index in [0.717, 1.165) is 36.2 Å². The molecule has 0 radical (unpaired) electrons. The molecule has 0 aromatic carbocycles. The van der Waals surface area contributed by atoms with E-state index in [1.54, 1.807) is 6.08 Å². The first-order valence-corrected chi connectivity index (χ1v) is 9.90. The summed E-state index contributed by atoms with van der Waals surface area (Å²) in [7, 11) is 2.00. The monoisotopic (exact) mass is 384 g/mol. The first-order valence-electron chi connectivity index (χ1n) is 9.43. The molecular formula is C20H41CaO2P. The molecule has 0 spiro atoms. The van der Waals surface area contributed by atoms with E-state index in [1.165, 1.54) is 44.9 Å². The third-order valence-electron chi connectivity index (χ3n) is 4.62. The quantitative estimate of drug-likeness (QED) is 0.228. The van der Waals surface area contributed by atoms with Gasteiger partial charge in [-0.2, -0.15) is 0 Å². The summed E-state index contributed by atoms with van der Waals surface area (Å²) in [5.41, 5.74) is 1.11. The number of carbonyl (C=O) groups excluding carboxylic acids is 1. The molecule has 0 aliphatic heterocycles. The second-order valence-electron chi connectivity index (χ2n) is 7.79. The van der Waals surface area contributed by atoms with Gasteiger partial charge in [0.1, 0.15) is 0 Å². The van der Waals surface area contributed by atoms with Crippen LogP contribution in [-0.2, 0) is 9.32 Å². The predicted molar refractivity (Wildman–Crippen MR) is 113 cm³/mol. The molecule has 0 aliphatic carbocycles. The minimum absolute atomic E-state index is 0. The molecule has 140 valence electrons. The molecule has 0 amide bonds. The molecule has 0 saturated heterocycles. The summed E-state index contributed by atoms with van der Waals surface area (Å²) in [4.78, 5) is 11.1. The Hall–Kier alpha value is 0.900. The molecule has 0 fully saturated rings. The van der Waals surface area contributed by atoms with Crippen LogP contribution < -0.4 is 0 Å². The zero-order chi connectivity index (χ0) is 17.7. The van der Waals surface area contributed by atoms with Crippen LogP contribution in [0.2, 0.25) is 0 Å². The molecule has 1 unspecified atom stereocenters. The van der Waals surface area contributed by atoms with Gasteiger partial charge in [-0.25, -0.2) is 4.79 Å². The Morgan fingerprint density at radius 2 is 1.38 bits per heavy atom. The standard InChI is InChI=1S/C20H39O2P.Ca.2H/c1-16(2)9-6-10-17(3)11-7-12-18(4)13-8-14-19(5)15-20(21)22-23;;;/h15-18H,6-14,23H2,1-5H3;;;/b19-15+;;;/t17-,18-;;;/m1.../s1. The van der Waals surface area contributed by atoms with Gasteiger partial charge in [-0.1, -0.05) is 78.2 Å². The summed E-state index contributed by atoms with van der Waals surface area (Å²) in [5, 5.41) is 0. The van der Waals surface area contributed by atoms with E-state index >= 15 is 0 Å². The molecule has 2 nitrogen and oxygen atoms in total. The van der Waals surface area contributed by atoms with Gasteiger partial charge in [0.15, 0.2) is 0 Å². The van der Waals surface area contributed by atoms with Crippen molar-refractivity contribution < 1.29 is 9.32 Å². The summed E-state index contributed by atoms with van der Waals surface area (Å²) < 4.78 is 4.57. The van der Waals surface area contributed by atoms with Crippen molar-refractivity contribution in [2.75, 3.05) is 0 Å². The first-order chi connectivity index (χ1) is 10.8. The van der Waals surface area contributed by atoms with Crippen LogP contribution in [0.3, 0.4) is 0 Å². The molecular weight excluding hydrogens is 343 g/mol. The zero-order valence-corrected chi connectivity index (χ0v) is 17.2. The van der Waals surface area contributed by atoms with Crippen LogP contribution in [-0.4, -0.2) is 43.7 Å². The first kappa shape index (κ1) is 27.1. The predicted octanol–water partition coefficient (Wildman–Crippen LogP) is 5.79. The van der Waals surface area contributed by atoms with Gasteiger partial charge >= 0.3 is 43.7 Å². The molecule has 0 N–H and O–H groups in total. The SMILES string of the molecule is C/C(=C\C(=O)OP)CCC[C@H](C)CCC[C@H](C)CCCC(C)C.[CaH2]. The van der Waals surface area contributed by atoms with Crippen molar-refractivity contribution in [2.45, 2.75) is 92.4 Å². The Morgan fingerprint density at radius 1 is 0.917 bits per heavy atom. The van der Waals surface area contributed by atoms with Gasteiger partial charge in [0.05, 0.1) is 9.47 Å². The Balaban J connectivity index is 0. The zero-order valence-electron chi connectivity index (χ0n) is 16.1. The van der Waals surface area contributed by atoms with Gasteiger partial charge in [0, 0.05) is 6.08 Å². The van der Waals surface area contributed by atoms with Crippen molar-refractivity contribution in [3.63, 3.8) is 0 Å². The Kier molecular flexibility index (Phi) is 19.6. The number of carbonyl (C=O) groups is 1. The van der Waals surface area contributed by atoms with E-state index in [9.17, 15) is 4.79 Å². The molecule has 0 saturated carbocycles. The second-order valence-corrected chi connectivity index (χ2v) is 8.02. The molecule has 0 bridgehead atoms. The maximum atomic E-state index is 11.1.